The summed E-state index contributed by atoms with van der Waals surface area (Å²) in [6.07, 6.45) is -0.0328. The van der Waals surface area contributed by atoms with E-state index in [1.165, 1.54) is 0 Å². The number of hydrogen-bond acceptors (Lipinski definition) is 3. The number of methoxy groups -OCH3 is 1. The number of hydrogen-bond donors (Lipinski definition) is 3. The van der Waals surface area contributed by atoms with E-state index in [-0.39, 0.29) is 30.2 Å². The monoisotopic (exact) mass is 294 g/mol. The molecule has 0 aromatic heterocycles. The smallest absolute Gasteiger partial charge is 0.319 e. The Balaban J connectivity index is 2.71. The van der Waals surface area contributed by atoms with Gasteiger partial charge in [0.2, 0.25) is 0 Å². The summed E-state index contributed by atoms with van der Waals surface area (Å²) in [5.74, 6) is 0. The molecule has 3 N–H and O–H groups in total. The number of benzene rings is 1. The van der Waals surface area contributed by atoms with Gasteiger partial charge in [0.05, 0.1) is 18.8 Å². The third kappa shape index (κ3) is 5.36. The molecule has 2 amide bonds. The van der Waals surface area contributed by atoms with Crippen molar-refractivity contribution in [3.8, 4) is 0 Å². The number of nitrogens with one attached hydrogen (secondary N) is 2. The van der Waals surface area contributed by atoms with E-state index in [1.54, 1.807) is 7.11 Å². The number of carbonyl (C=O) groups excluding carboxylic acids is 1. The molecule has 2 atom stereocenters. The molecule has 1 aromatic rings. The second-order valence-corrected chi connectivity index (χ2v) is 6.20. The van der Waals surface area contributed by atoms with E-state index in [1.807, 2.05) is 52.0 Å². The first-order valence-electron chi connectivity index (χ1n) is 7.09. The first-order chi connectivity index (χ1) is 9.77. The van der Waals surface area contributed by atoms with Crippen LogP contribution in [-0.2, 0) is 4.74 Å². The van der Waals surface area contributed by atoms with E-state index in [4.69, 9.17) is 4.74 Å². The first kappa shape index (κ1) is 17.5. The molecule has 5 heteroatoms. The number of carbonyl (C=O) groups is 1. The molecule has 118 valence electrons. The quantitative estimate of drug-likeness (QED) is 0.782. The molecule has 0 heterocycles. The summed E-state index contributed by atoms with van der Waals surface area (Å²) in [6.45, 7) is 7.75. The summed E-state index contributed by atoms with van der Waals surface area (Å²) in [4.78, 5) is 12.0. The highest BCUT2D eigenvalue weighted by atomic mass is 16.5. The van der Waals surface area contributed by atoms with Gasteiger partial charge in [-0.25, -0.2) is 4.79 Å². The van der Waals surface area contributed by atoms with Crippen molar-refractivity contribution >= 4 is 11.7 Å². The SMILES string of the molecule is CO[C@H](C)c1cccc(NC(=O)N[C@H](CO)C(C)(C)C)c1. The Labute approximate surface area is 126 Å². The molecule has 0 saturated heterocycles. The molecule has 21 heavy (non-hydrogen) atoms. The van der Waals surface area contributed by atoms with Gasteiger partial charge in [-0.1, -0.05) is 32.9 Å². The van der Waals surface area contributed by atoms with Crippen LogP contribution in [0.2, 0.25) is 0 Å². The minimum atomic E-state index is -0.328. The van der Waals surface area contributed by atoms with Crippen LogP contribution in [0.1, 0.15) is 39.4 Å². The average molecular weight is 294 g/mol. The van der Waals surface area contributed by atoms with Crippen LogP contribution in [0.5, 0.6) is 0 Å². The summed E-state index contributed by atoms with van der Waals surface area (Å²) in [7, 11) is 1.65. The van der Waals surface area contributed by atoms with Crippen molar-refractivity contribution in [3.63, 3.8) is 0 Å². The number of aliphatic hydroxyl groups excluding tert-OH is 1. The lowest BCUT2D eigenvalue weighted by Gasteiger charge is -2.29. The molecule has 0 fully saturated rings. The van der Waals surface area contributed by atoms with E-state index in [0.717, 1.165) is 5.56 Å². The Morgan fingerprint density at radius 2 is 2.05 bits per heavy atom. The Morgan fingerprint density at radius 3 is 2.57 bits per heavy atom. The van der Waals surface area contributed by atoms with Gasteiger partial charge in [-0.3, -0.25) is 0 Å². The van der Waals surface area contributed by atoms with Crippen LogP contribution in [0.25, 0.3) is 0 Å². The standard InChI is InChI=1S/C16H26N2O3/c1-11(21-5)12-7-6-8-13(9-12)17-15(20)18-14(10-19)16(2,3)4/h6-9,11,14,19H,10H2,1-5H3,(H2,17,18,20)/t11-,14-/m1/s1. The summed E-state index contributed by atoms with van der Waals surface area (Å²) in [6, 6.07) is 6.87. The van der Waals surface area contributed by atoms with Gasteiger partial charge in [-0.2, -0.15) is 0 Å². The maximum atomic E-state index is 12.0. The summed E-state index contributed by atoms with van der Waals surface area (Å²) < 4.78 is 5.26. The maximum Gasteiger partial charge on any atom is 0.319 e. The largest absolute Gasteiger partial charge is 0.394 e. The van der Waals surface area contributed by atoms with E-state index in [2.05, 4.69) is 10.6 Å². The highest BCUT2D eigenvalue weighted by Gasteiger charge is 2.25. The number of ether oxygens (including phenoxy) is 1. The van der Waals surface area contributed by atoms with Crippen LogP contribution in [0.15, 0.2) is 24.3 Å². The van der Waals surface area contributed by atoms with Crippen LogP contribution in [0, 0.1) is 5.41 Å². The molecule has 5 nitrogen and oxygen atoms in total. The second kappa shape index (κ2) is 7.43. The van der Waals surface area contributed by atoms with Crippen LogP contribution < -0.4 is 10.6 Å². The van der Waals surface area contributed by atoms with Crippen LogP contribution in [0.4, 0.5) is 10.5 Å². The molecule has 1 aromatic carbocycles. The highest BCUT2D eigenvalue weighted by molar-refractivity contribution is 5.89. The summed E-state index contributed by atoms with van der Waals surface area (Å²) >= 11 is 0. The molecule has 1 rings (SSSR count). The highest BCUT2D eigenvalue weighted by Crippen LogP contribution is 2.21. The van der Waals surface area contributed by atoms with Gasteiger partial charge in [-0.05, 0) is 30.0 Å². The van der Waals surface area contributed by atoms with E-state index in [0.29, 0.717) is 5.69 Å². The Bertz CT molecular complexity index is 469. The fraction of sp³-hybridized carbons (Fsp3) is 0.562. The predicted octanol–water partition coefficient (Wildman–Crippen LogP) is 2.92. The molecule has 0 spiro atoms. The zero-order valence-corrected chi connectivity index (χ0v) is 13.4. The molecule has 0 aliphatic heterocycles. The van der Waals surface area contributed by atoms with Crippen molar-refractivity contribution in [2.24, 2.45) is 5.41 Å². The van der Waals surface area contributed by atoms with E-state index in [9.17, 15) is 9.90 Å². The number of amides is 2. The Morgan fingerprint density at radius 1 is 1.38 bits per heavy atom. The summed E-state index contributed by atoms with van der Waals surface area (Å²) in [5, 5.41) is 14.9. The number of anilines is 1. The van der Waals surface area contributed by atoms with Crippen LogP contribution >= 0.6 is 0 Å². The lowest BCUT2D eigenvalue weighted by molar-refractivity contribution is 0.119. The van der Waals surface area contributed by atoms with Crippen molar-refractivity contribution in [1.29, 1.82) is 0 Å². The maximum absolute atomic E-state index is 12.0. The molecule has 0 radical (unpaired) electrons. The van der Waals surface area contributed by atoms with Crippen molar-refractivity contribution in [3.05, 3.63) is 29.8 Å². The van der Waals surface area contributed by atoms with Gasteiger partial charge in [0.1, 0.15) is 0 Å². The van der Waals surface area contributed by atoms with Gasteiger partial charge in [0, 0.05) is 12.8 Å². The van der Waals surface area contributed by atoms with Crippen molar-refractivity contribution in [1.82, 2.24) is 5.32 Å². The first-order valence-corrected chi connectivity index (χ1v) is 7.09. The molecular weight excluding hydrogens is 268 g/mol. The Kier molecular flexibility index (Phi) is 6.18. The molecule has 0 unspecified atom stereocenters. The molecule has 0 bridgehead atoms. The topological polar surface area (TPSA) is 70.6 Å². The third-order valence-electron chi connectivity index (χ3n) is 3.50. The van der Waals surface area contributed by atoms with Gasteiger partial charge in [-0.15, -0.1) is 0 Å². The fourth-order valence-electron chi connectivity index (χ4n) is 1.87. The minimum Gasteiger partial charge on any atom is -0.394 e. The van der Waals surface area contributed by atoms with Crippen LogP contribution in [-0.4, -0.2) is 30.9 Å². The molecule has 0 aliphatic rings. The van der Waals surface area contributed by atoms with Crippen LogP contribution in [0.3, 0.4) is 0 Å². The van der Waals surface area contributed by atoms with Crippen molar-refractivity contribution in [2.45, 2.75) is 39.8 Å². The van der Waals surface area contributed by atoms with Gasteiger partial charge < -0.3 is 20.5 Å². The zero-order chi connectivity index (χ0) is 16.0. The van der Waals surface area contributed by atoms with E-state index < -0.39 is 0 Å². The van der Waals surface area contributed by atoms with E-state index >= 15 is 0 Å². The number of aliphatic hydroxyl groups is 1. The summed E-state index contributed by atoms with van der Waals surface area (Å²) in [5.41, 5.74) is 1.47. The molecule has 0 saturated carbocycles. The zero-order valence-electron chi connectivity index (χ0n) is 13.4. The number of urea groups is 1. The fourth-order valence-corrected chi connectivity index (χ4v) is 1.87. The average Bonchev–Trinajstić information content (AvgIpc) is 2.42. The van der Waals surface area contributed by atoms with Gasteiger partial charge >= 0.3 is 6.03 Å². The molecule has 0 aliphatic carbocycles. The lowest BCUT2D eigenvalue weighted by atomic mass is 9.87. The van der Waals surface area contributed by atoms with Gasteiger partial charge in [0.15, 0.2) is 0 Å². The van der Waals surface area contributed by atoms with Crippen molar-refractivity contribution < 1.29 is 14.6 Å². The third-order valence-corrected chi connectivity index (χ3v) is 3.50. The van der Waals surface area contributed by atoms with Gasteiger partial charge in [0.25, 0.3) is 0 Å². The Hall–Kier alpha value is -1.59. The normalized spacial score (nSPS) is 14.4. The number of rotatable bonds is 5. The van der Waals surface area contributed by atoms with Crippen molar-refractivity contribution in [2.75, 3.05) is 19.0 Å². The minimum absolute atomic E-state index is 0.0328. The lowest BCUT2D eigenvalue weighted by Crippen LogP contribution is -2.47. The molecular formula is C16H26N2O3. The predicted molar refractivity (Wildman–Crippen MR) is 84.3 cm³/mol. The second-order valence-electron chi connectivity index (χ2n) is 6.20.